The van der Waals surface area contributed by atoms with Crippen molar-refractivity contribution in [3.05, 3.63) is 30.2 Å². The molecule has 0 bridgehead atoms. The first-order valence-electron chi connectivity index (χ1n) is 8.85. The Morgan fingerprint density at radius 2 is 2.00 bits per heavy atom. The number of hydrogen-bond acceptors (Lipinski definition) is 4. The van der Waals surface area contributed by atoms with Crippen molar-refractivity contribution in [3.8, 4) is 11.1 Å². The predicted molar refractivity (Wildman–Crippen MR) is 93.1 cm³/mol. The van der Waals surface area contributed by atoms with Gasteiger partial charge in [0.1, 0.15) is 5.82 Å². The van der Waals surface area contributed by atoms with Crippen molar-refractivity contribution < 1.29 is 13.6 Å². The number of alkyl halides is 2. The van der Waals surface area contributed by atoms with E-state index >= 15 is 0 Å². The van der Waals surface area contributed by atoms with E-state index in [2.05, 4.69) is 15.2 Å². The van der Waals surface area contributed by atoms with Gasteiger partial charge in [-0.15, -0.1) is 0 Å². The third kappa shape index (κ3) is 3.09. The van der Waals surface area contributed by atoms with Gasteiger partial charge in [-0.3, -0.25) is 19.7 Å². The molecule has 26 heavy (non-hydrogen) atoms. The van der Waals surface area contributed by atoms with Gasteiger partial charge in [0.05, 0.1) is 12.2 Å². The van der Waals surface area contributed by atoms with E-state index in [1.165, 1.54) is 0 Å². The van der Waals surface area contributed by atoms with Crippen LogP contribution in [0.5, 0.6) is 0 Å². The monoisotopic (exact) mass is 361 g/mol. The molecule has 6 nitrogen and oxygen atoms in total. The van der Waals surface area contributed by atoms with Gasteiger partial charge in [0.25, 0.3) is 5.92 Å². The zero-order chi connectivity index (χ0) is 18.3. The fourth-order valence-electron chi connectivity index (χ4n) is 3.80. The van der Waals surface area contributed by atoms with E-state index in [1.54, 1.807) is 17.3 Å². The summed E-state index contributed by atoms with van der Waals surface area (Å²) in [5.41, 5.74) is 2.73. The van der Waals surface area contributed by atoms with Crippen LogP contribution in [0.25, 0.3) is 11.1 Å². The molecule has 2 aromatic rings. The Morgan fingerprint density at radius 3 is 2.65 bits per heavy atom. The molecule has 2 aliphatic heterocycles. The van der Waals surface area contributed by atoms with Gasteiger partial charge >= 0.3 is 0 Å². The molecular weight excluding hydrogens is 340 g/mol. The molecule has 2 fully saturated rings. The van der Waals surface area contributed by atoms with Crippen LogP contribution in [0.4, 0.5) is 14.6 Å². The zero-order valence-electron chi connectivity index (χ0n) is 14.6. The molecule has 2 saturated heterocycles. The number of amides is 1. The summed E-state index contributed by atoms with van der Waals surface area (Å²) < 4.78 is 26.7. The minimum Gasteiger partial charge on any atom is -0.295 e. The highest BCUT2D eigenvalue weighted by Gasteiger charge is 2.42. The molecule has 1 unspecified atom stereocenters. The Morgan fingerprint density at radius 1 is 1.23 bits per heavy atom. The van der Waals surface area contributed by atoms with Crippen LogP contribution in [0.15, 0.2) is 24.5 Å². The van der Waals surface area contributed by atoms with E-state index in [0.29, 0.717) is 18.8 Å². The molecule has 2 aliphatic rings. The number of aromatic amines is 1. The molecule has 0 aliphatic carbocycles. The van der Waals surface area contributed by atoms with Gasteiger partial charge in [-0.05, 0) is 25.5 Å². The normalized spacial score (nSPS) is 23.6. The van der Waals surface area contributed by atoms with Crippen LogP contribution in [0.2, 0.25) is 0 Å². The van der Waals surface area contributed by atoms with Crippen molar-refractivity contribution in [1.82, 2.24) is 20.1 Å². The van der Waals surface area contributed by atoms with Crippen LogP contribution in [0.1, 0.15) is 25.0 Å². The predicted octanol–water partition coefficient (Wildman–Crippen LogP) is 2.62. The number of aryl methyl sites for hydroxylation is 1. The van der Waals surface area contributed by atoms with Crippen LogP contribution in [-0.4, -0.2) is 57.6 Å². The number of carbonyl (C=O) groups is 1. The number of hydrogen-bond donors (Lipinski definition) is 1. The first-order chi connectivity index (χ1) is 12.4. The molecule has 4 heterocycles. The molecule has 2 aromatic heterocycles. The van der Waals surface area contributed by atoms with E-state index < -0.39 is 5.92 Å². The Balaban J connectivity index is 1.49. The summed E-state index contributed by atoms with van der Waals surface area (Å²) in [6.45, 7) is 3.00. The van der Waals surface area contributed by atoms with Crippen molar-refractivity contribution >= 4 is 11.7 Å². The number of rotatable bonds is 3. The van der Waals surface area contributed by atoms with Crippen molar-refractivity contribution in [1.29, 1.82) is 0 Å². The van der Waals surface area contributed by atoms with E-state index in [9.17, 15) is 13.6 Å². The number of anilines is 1. The minimum atomic E-state index is -2.60. The maximum absolute atomic E-state index is 13.4. The third-order valence-electron chi connectivity index (χ3n) is 5.30. The lowest BCUT2D eigenvalue weighted by molar-refractivity contribution is -0.124. The van der Waals surface area contributed by atoms with Crippen LogP contribution in [-0.2, 0) is 4.79 Å². The SMILES string of the molecule is Cc1nc(N2CCC(N3CCC(F)(F)CC3)C2=O)ccc1-c1cn[nH]c1. The van der Waals surface area contributed by atoms with Crippen molar-refractivity contribution in [2.75, 3.05) is 24.5 Å². The second-order valence-electron chi connectivity index (χ2n) is 6.98. The summed E-state index contributed by atoms with van der Waals surface area (Å²) >= 11 is 0. The highest BCUT2D eigenvalue weighted by atomic mass is 19.3. The smallest absolute Gasteiger partial charge is 0.250 e. The number of nitrogens with zero attached hydrogens (tertiary/aromatic N) is 4. The summed E-state index contributed by atoms with van der Waals surface area (Å²) in [6.07, 6.45) is 3.83. The number of piperidine rings is 1. The molecule has 0 saturated carbocycles. The van der Waals surface area contributed by atoms with Crippen LogP contribution in [0.3, 0.4) is 0 Å². The van der Waals surface area contributed by atoms with Crippen LogP contribution < -0.4 is 4.90 Å². The molecule has 0 radical (unpaired) electrons. The highest BCUT2D eigenvalue weighted by molar-refractivity contribution is 5.98. The van der Waals surface area contributed by atoms with Gasteiger partial charge in [-0.2, -0.15) is 5.10 Å². The molecule has 1 amide bonds. The molecule has 0 spiro atoms. The van der Waals surface area contributed by atoms with Gasteiger partial charge in [0.2, 0.25) is 5.91 Å². The maximum atomic E-state index is 13.4. The lowest BCUT2D eigenvalue weighted by atomic mass is 10.0. The average Bonchev–Trinajstić information content (AvgIpc) is 3.25. The molecular formula is C18H21F2N5O. The molecule has 1 N–H and O–H groups in total. The van der Waals surface area contributed by atoms with Gasteiger partial charge in [0.15, 0.2) is 0 Å². The van der Waals surface area contributed by atoms with Crippen molar-refractivity contribution in [2.45, 2.75) is 38.2 Å². The van der Waals surface area contributed by atoms with Crippen LogP contribution >= 0.6 is 0 Å². The lowest BCUT2D eigenvalue weighted by Crippen LogP contribution is -2.48. The summed E-state index contributed by atoms with van der Waals surface area (Å²) in [6, 6.07) is 3.45. The Labute approximate surface area is 150 Å². The topological polar surface area (TPSA) is 65.1 Å². The van der Waals surface area contributed by atoms with E-state index in [0.717, 1.165) is 16.8 Å². The number of H-pyrrole nitrogens is 1. The average molecular weight is 361 g/mol. The molecule has 8 heteroatoms. The second-order valence-corrected chi connectivity index (χ2v) is 6.98. The molecule has 138 valence electrons. The maximum Gasteiger partial charge on any atom is 0.250 e. The lowest BCUT2D eigenvalue weighted by Gasteiger charge is -2.34. The van der Waals surface area contributed by atoms with Gasteiger partial charge < -0.3 is 0 Å². The van der Waals surface area contributed by atoms with Gasteiger partial charge in [-0.1, -0.05) is 0 Å². The van der Waals surface area contributed by atoms with E-state index in [1.807, 2.05) is 24.0 Å². The standard InChI is InChI=1S/C18H21F2N5O/c1-12-14(13-10-21-22-11-13)2-3-16(23-12)25-7-4-15(17(25)26)24-8-5-18(19,20)6-9-24/h2-3,10-11,15H,4-9H2,1H3,(H,21,22). The molecule has 1 atom stereocenters. The summed E-state index contributed by atoms with van der Waals surface area (Å²) in [7, 11) is 0. The van der Waals surface area contributed by atoms with E-state index in [-0.39, 0.29) is 37.9 Å². The highest BCUT2D eigenvalue weighted by Crippen LogP contribution is 2.32. The number of halogens is 2. The third-order valence-corrected chi connectivity index (χ3v) is 5.30. The fourth-order valence-corrected chi connectivity index (χ4v) is 3.80. The summed E-state index contributed by atoms with van der Waals surface area (Å²) in [5, 5.41) is 6.73. The first-order valence-corrected chi connectivity index (χ1v) is 8.85. The van der Waals surface area contributed by atoms with Crippen LogP contribution in [0, 0.1) is 6.92 Å². The summed E-state index contributed by atoms with van der Waals surface area (Å²) in [5.74, 6) is -2.03. The Bertz CT molecular complexity index is 798. The van der Waals surface area contributed by atoms with Crippen molar-refractivity contribution in [2.24, 2.45) is 0 Å². The molecule has 0 aromatic carbocycles. The zero-order valence-corrected chi connectivity index (χ0v) is 14.6. The minimum absolute atomic E-state index is 0.0434. The summed E-state index contributed by atoms with van der Waals surface area (Å²) in [4.78, 5) is 21.0. The number of likely N-dealkylation sites (tertiary alicyclic amines) is 1. The Kier molecular flexibility index (Phi) is 4.22. The van der Waals surface area contributed by atoms with Gasteiger partial charge in [-0.25, -0.2) is 13.8 Å². The van der Waals surface area contributed by atoms with Crippen molar-refractivity contribution in [3.63, 3.8) is 0 Å². The number of carbonyl (C=O) groups excluding carboxylic acids is 1. The largest absolute Gasteiger partial charge is 0.295 e. The number of pyridine rings is 1. The fraction of sp³-hybridized carbons (Fsp3) is 0.500. The first kappa shape index (κ1) is 17.1. The quantitative estimate of drug-likeness (QED) is 0.913. The van der Waals surface area contributed by atoms with E-state index in [4.69, 9.17) is 0 Å². The number of nitrogens with one attached hydrogen (secondary N) is 1. The second kappa shape index (κ2) is 6.42. The number of aromatic nitrogens is 3. The molecule has 4 rings (SSSR count). The Hall–Kier alpha value is -2.35. The van der Waals surface area contributed by atoms with Gasteiger partial charge in [0, 0.05) is 55.5 Å².